The van der Waals surface area contributed by atoms with Crippen molar-refractivity contribution in [2.24, 2.45) is 0 Å². The molecule has 8 nitrogen and oxygen atoms in total. The Morgan fingerprint density at radius 2 is 1.58 bits per heavy atom. The second kappa shape index (κ2) is 23.2. The Morgan fingerprint density at radius 3 is 2.18 bits per heavy atom. The van der Waals surface area contributed by atoms with Crippen LogP contribution in [0, 0.1) is 0 Å². The van der Waals surface area contributed by atoms with E-state index in [0.717, 1.165) is 30.8 Å². The van der Waals surface area contributed by atoms with Crippen LogP contribution in [0.2, 0.25) is 0 Å². The molecule has 2 N–H and O–H groups in total. The van der Waals surface area contributed by atoms with E-state index in [2.05, 4.69) is 12.2 Å². The van der Waals surface area contributed by atoms with Gasteiger partial charge >= 0.3 is 0 Å². The monoisotopic (exact) mass is 651 g/mol. The van der Waals surface area contributed by atoms with Gasteiger partial charge in [0.15, 0.2) is 6.29 Å². The molecule has 9 heteroatoms. The predicted molar refractivity (Wildman–Crippen MR) is 181 cm³/mol. The normalized spacial score (nSPS) is 25.5. The molecule has 0 aliphatic carbocycles. The maximum atomic E-state index is 12.0. The average Bonchev–Trinajstić information content (AvgIpc) is 3.05. The number of aliphatic hydroxyl groups is 1. The number of unbranched alkanes of at least 4 members (excludes halogenated alkanes) is 13. The zero-order valence-electron chi connectivity index (χ0n) is 28.2. The Hall–Kier alpha value is -1.20. The van der Waals surface area contributed by atoms with E-state index >= 15 is 0 Å². The number of fused-ring (bicyclic) bond motifs is 1. The highest BCUT2D eigenvalue weighted by Crippen LogP contribution is 2.37. The van der Waals surface area contributed by atoms with Crippen molar-refractivity contribution in [2.45, 2.75) is 152 Å². The Morgan fingerprint density at radius 1 is 0.956 bits per heavy atom. The minimum absolute atomic E-state index is 0.0161. The number of aliphatic hydroxyl groups excluding tert-OH is 1. The fraction of sp³-hybridized carbons (Fsp3) is 0.806. The number of carbonyl (C=O) groups is 1. The number of rotatable bonds is 24. The third-order valence-electron chi connectivity index (χ3n) is 8.81. The maximum Gasteiger partial charge on any atom is 0.217 e. The van der Waals surface area contributed by atoms with Crippen molar-refractivity contribution >= 4 is 17.7 Å². The number of ether oxygens (including phenoxy) is 5. The smallest absolute Gasteiger partial charge is 0.217 e. The molecule has 0 radical (unpaired) electrons. The molecule has 2 aliphatic heterocycles. The van der Waals surface area contributed by atoms with Crippen LogP contribution in [0.4, 0.5) is 0 Å². The van der Waals surface area contributed by atoms with Gasteiger partial charge in [0.25, 0.3) is 0 Å². The van der Waals surface area contributed by atoms with Gasteiger partial charge in [-0.2, -0.15) is 0 Å². The third-order valence-corrected chi connectivity index (χ3v) is 10.0. The molecule has 258 valence electrons. The van der Waals surface area contributed by atoms with E-state index in [0.29, 0.717) is 13.2 Å². The maximum absolute atomic E-state index is 12.0. The van der Waals surface area contributed by atoms with Gasteiger partial charge in [0.05, 0.1) is 25.4 Å². The Bertz CT molecular complexity index is 893. The SMILES string of the molecule is CCCCCCCCCCCCCCCCOC[C@H](CCS[C@@H]1O[C@@H]2CO[C@@H](c3ccccc3)O[C@H]2[C@H](O)[C@H]1NC(C)=O)OC. The van der Waals surface area contributed by atoms with E-state index in [1.165, 1.54) is 90.4 Å². The first kappa shape index (κ1) is 38.2. The van der Waals surface area contributed by atoms with E-state index in [1.54, 1.807) is 18.9 Å². The highest BCUT2D eigenvalue weighted by molar-refractivity contribution is 7.99. The first-order valence-corrected chi connectivity index (χ1v) is 18.7. The highest BCUT2D eigenvalue weighted by Gasteiger charge is 2.49. The topological polar surface area (TPSA) is 95.5 Å². The van der Waals surface area contributed by atoms with Gasteiger partial charge in [0, 0.05) is 26.2 Å². The molecule has 2 heterocycles. The van der Waals surface area contributed by atoms with Crippen molar-refractivity contribution in [1.82, 2.24) is 5.32 Å². The van der Waals surface area contributed by atoms with Crippen LogP contribution in [-0.2, 0) is 28.5 Å². The van der Waals surface area contributed by atoms with E-state index in [1.807, 2.05) is 30.3 Å². The third kappa shape index (κ3) is 14.6. The van der Waals surface area contributed by atoms with Crippen molar-refractivity contribution in [3.8, 4) is 0 Å². The van der Waals surface area contributed by atoms with E-state index in [4.69, 9.17) is 23.7 Å². The largest absolute Gasteiger partial charge is 0.388 e. The summed E-state index contributed by atoms with van der Waals surface area (Å²) >= 11 is 1.57. The number of thioether (sulfide) groups is 1. The molecule has 0 bridgehead atoms. The molecule has 1 aromatic carbocycles. The lowest BCUT2D eigenvalue weighted by molar-refractivity contribution is -0.306. The van der Waals surface area contributed by atoms with Crippen LogP contribution in [0.25, 0.3) is 0 Å². The van der Waals surface area contributed by atoms with Crippen LogP contribution in [0.3, 0.4) is 0 Å². The molecule has 1 amide bonds. The number of nitrogens with one attached hydrogen (secondary N) is 1. The number of hydrogen-bond acceptors (Lipinski definition) is 8. The second-order valence-electron chi connectivity index (χ2n) is 12.6. The van der Waals surface area contributed by atoms with Crippen molar-refractivity contribution in [2.75, 3.05) is 32.7 Å². The van der Waals surface area contributed by atoms with Crippen LogP contribution in [-0.4, -0.2) is 79.6 Å². The Balaban J connectivity index is 1.26. The lowest BCUT2D eigenvalue weighted by Gasteiger charge is -2.48. The molecule has 2 saturated heterocycles. The summed E-state index contributed by atoms with van der Waals surface area (Å²) in [6, 6.07) is 9.05. The fourth-order valence-corrected chi connectivity index (χ4v) is 7.39. The molecule has 0 aromatic heterocycles. The molecule has 1 aromatic rings. The standard InChI is InChI=1S/C36H61NO7S/c1-4-5-6-7-8-9-10-11-12-13-14-15-16-20-24-41-26-30(40-3)23-25-45-36-32(37-28(2)38)33(39)34-31(43-36)27-42-35(44-34)29-21-18-17-19-22-29/h17-19,21-22,30-36,39H,4-16,20,23-27H2,1-3H3,(H,37,38)/t30-,31+,32+,33+,34+,35+,36-/m0/s1. The molecular weight excluding hydrogens is 590 g/mol. The lowest BCUT2D eigenvalue weighted by Crippen LogP contribution is -2.65. The predicted octanol–water partition coefficient (Wildman–Crippen LogP) is 7.33. The van der Waals surface area contributed by atoms with Gasteiger partial charge in [0.1, 0.15) is 23.7 Å². The first-order valence-electron chi connectivity index (χ1n) is 17.7. The summed E-state index contributed by atoms with van der Waals surface area (Å²) in [6.07, 6.45) is 17.1. The Kier molecular flexibility index (Phi) is 19.7. The summed E-state index contributed by atoms with van der Waals surface area (Å²) in [5.74, 6) is 0.518. The van der Waals surface area contributed by atoms with Crippen LogP contribution in [0.5, 0.6) is 0 Å². The van der Waals surface area contributed by atoms with Crippen molar-refractivity contribution in [3.05, 3.63) is 35.9 Å². The van der Waals surface area contributed by atoms with Gasteiger partial charge in [0.2, 0.25) is 5.91 Å². The number of hydrogen-bond donors (Lipinski definition) is 2. The summed E-state index contributed by atoms with van der Waals surface area (Å²) in [7, 11) is 1.72. The molecule has 7 atom stereocenters. The van der Waals surface area contributed by atoms with Crippen molar-refractivity contribution in [3.63, 3.8) is 0 Å². The molecule has 2 aliphatic rings. The summed E-state index contributed by atoms with van der Waals surface area (Å²) in [5, 5.41) is 14.2. The van der Waals surface area contributed by atoms with Gasteiger partial charge in [-0.15, -0.1) is 11.8 Å². The van der Waals surface area contributed by atoms with Crippen LogP contribution in [0.1, 0.15) is 122 Å². The molecular formula is C36H61NO7S. The summed E-state index contributed by atoms with van der Waals surface area (Å²) < 4.78 is 30.0. The van der Waals surface area contributed by atoms with Crippen molar-refractivity contribution in [1.29, 1.82) is 0 Å². The minimum Gasteiger partial charge on any atom is -0.388 e. The average molecular weight is 652 g/mol. The van der Waals surface area contributed by atoms with E-state index < -0.39 is 36.1 Å². The highest BCUT2D eigenvalue weighted by atomic mass is 32.2. The van der Waals surface area contributed by atoms with Gasteiger partial charge in [-0.1, -0.05) is 121 Å². The summed E-state index contributed by atoms with van der Waals surface area (Å²) in [5.41, 5.74) is 0.451. The van der Waals surface area contributed by atoms with Gasteiger partial charge in [-0.3, -0.25) is 4.79 Å². The summed E-state index contributed by atoms with van der Waals surface area (Å²) in [6.45, 7) is 5.36. The first-order chi connectivity index (χ1) is 22.0. The molecule has 0 unspecified atom stereocenters. The molecule has 45 heavy (non-hydrogen) atoms. The van der Waals surface area contributed by atoms with E-state index in [9.17, 15) is 9.90 Å². The van der Waals surface area contributed by atoms with Crippen LogP contribution < -0.4 is 5.32 Å². The fourth-order valence-electron chi connectivity index (χ4n) is 6.10. The molecule has 2 fully saturated rings. The molecule has 0 spiro atoms. The second-order valence-corrected chi connectivity index (χ2v) is 13.8. The van der Waals surface area contributed by atoms with Gasteiger partial charge < -0.3 is 34.1 Å². The summed E-state index contributed by atoms with van der Waals surface area (Å²) in [4.78, 5) is 12.0. The number of methoxy groups -OCH3 is 1. The van der Waals surface area contributed by atoms with Crippen LogP contribution >= 0.6 is 11.8 Å². The van der Waals surface area contributed by atoms with Crippen LogP contribution in [0.15, 0.2) is 30.3 Å². The number of benzene rings is 1. The van der Waals surface area contributed by atoms with Gasteiger partial charge in [-0.25, -0.2) is 0 Å². The lowest BCUT2D eigenvalue weighted by atomic mass is 9.96. The number of carbonyl (C=O) groups excluding carboxylic acids is 1. The zero-order valence-corrected chi connectivity index (χ0v) is 29.0. The van der Waals surface area contributed by atoms with Crippen molar-refractivity contribution < 1.29 is 33.6 Å². The molecule has 3 rings (SSSR count). The Labute approximate surface area is 277 Å². The quantitative estimate of drug-likeness (QED) is 0.112. The minimum atomic E-state index is -0.924. The number of amides is 1. The zero-order chi connectivity index (χ0) is 32.1. The molecule has 0 saturated carbocycles. The van der Waals surface area contributed by atoms with E-state index in [-0.39, 0.29) is 12.0 Å². The van der Waals surface area contributed by atoms with Gasteiger partial charge in [-0.05, 0) is 18.6 Å².